The molecule has 0 heterocycles. The van der Waals surface area contributed by atoms with E-state index in [-0.39, 0.29) is 23.7 Å². The van der Waals surface area contributed by atoms with Crippen LogP contribution in [-0.4, -0.2) is 24.3 Å². The van der Waals surface area contributed by atoms with E-state index < -0.39 is 11.8 Å². The molecule has 0 unspecified atom stereocenters. The summed E-state index contributed by atoms with van der Waals surface area (Å²) in [5, 5.41) is 7.72. The summed E-state index contributed by atoms with van der Waals surface area (Å²) in [6.07, 6.45) is 1.56. The summed E-state index contributed by atoms with van der Waals surface area (Å²) < 4.78 is 0. The predicted molar refractivity (Wildman–Crippen MR) is 110 cm³/mol. The first-order valence-corrected chi connectivity index (χ1v) is 9.08. The van der Waals surface area contributed by atoms with Crippen molar-refractivity contribution in [1.29, 1.82) is 0 Å². The van der Waals surface area contributed by atoms with Crippen LogP contribution in [0.15, 0.2) is 61.2 Å². The van der Waals surface area contributed by atoms with Gasteiger partial charge < -0.3 is 16.0 Å². The normalized spacial score (nSPS) is 10.2. The van der Waals surface area contributed by atoms with Crippen molar-refractivity contribution in [3.63, 3.8) is 0 Å². The molecule has 0 atom stereocenters. The molecule has 0 fully saturated rings. The van der Waals surface area contributed by atoms with Gasteiger partial charge in [0.2, 0.25) is 0 Å². The van der Waals surface area contributed by atoms with Crippen molar-refractivity contribution < 1.29 is 14.4 Å². The molecule has 28 heavy (non-hydrogen) atoms. The Labute approximate surface area is 165 Å². The number of nitrogens with one attached hydrogen (secondary N) is 3. The number of benzene rings is 2. The molecular weight excluding hydrogens is 354 g/mol. The maximum Gasteiger partial charge on any atom is 0.313 e. The highest BCUT2D eigenvalue weighted by Gasteiger charge is 2.17. The van der Waals surface area contributed by atoms with Gasteiger partial charge in [0.25, 0.3) is 5.91 Å². The van der Waals surface area contributed by atoms with Crippen molar-refractivity contribution >= 4 is 23.4 Å². The third kappa shape index (κ3) is 5.81. The Balaban J connectivity index is 1.96. The van der Waals surface area contributed by atoms with E-state index in [1.165, 1.54) is 5.56 Å². The van der Waals surface area contributed by atoms with Crippen LogP contribution >= 0.6 is 0 Å². The van der Waals surface area contributed by atoms with E-state index >= 15 is 0 Å². The summed E-state index contributed by atoms with van der Waals surface area (Å²) in [6, 6.07) is 14.3. The molecule has 0 aliphatic carbocycles. The highest BCUT2D eigenvalue weighted by atomic mass is 16.2. The van der Waals surface area contributed by atoms with Crippen LogP contribution in [0, 0.1) is 0 Å². The fourth-order valence-corrected chi connectivity index (χ4v) is 2.51. The fraction of sp³-hybridized carbons (Fsp3) is 0.227. The molecule has 0 saturated heterocycles. The van der Waals surface area contributed by atoms with E-state index in [0.717, 1.165) is 5.56 Å². The number of carbonyl (C=O) groups is 3. The van der Waals surface area contributed by atoms with Crippen LogP contribution in [0.5, 0.6) is 0 Å². The molecule has 146 valence electrons. The summed E-state index contributed by atoms with van der Waals surface area (Å²) >= 11 is 0. The summed E-state index contributed by atoms with van der Waals surface area (Å²) in [5.41, 5.74) is 2.65. The zero-order chi connectivity index (χ0) is 20.5. The van der Waals surface area contributed by atoms with Crippen LogP contribution in [0.25, 0.3) is 0 Å². The first-order valence-electron chi connectivity index (χ1n) is 9.08. The molecule has 0 bridgehead atoms. The number of anilines is 1. The monoisotopic (exact) mass is 379 g/mol. The number of hydrogen-bond donors (Lipinski definition) is 3. The minimum Gasteiger partial charge on any atom is -0.349 e. The Morgan fingerprint density at radius 1 is 0.964 bits per heavy atom. The van der Waals surface area contributed by atoms with Crippen LogP contribution in [0.3, 0.4) is 0 Å². The number of para-hydroxylation sites is 1. The van der Waals surface area contributed by atoms with Crippen molar-refractivity contribution in [2.24, 2.45) is 0 Å². The van der Waals surface area contributed by atoms with Gasteiger partial charge in [-0.05, 0) is 29.2 Å². The lowest BCUT2D eigenvalue weighted by atomic mass is 10.0. The first-order chi connectivity index (χ1) is 13.4. The number of carbonyl (C=O) groups excluding carboxylic acids is 3. The Morgan fingerprint density at radius 3 is 2.29 bits per heavy atom. The summed E-state index contributed by atoms with van der Waals surface area (Å²) in [7, 11) is 0. The summed E-state index contributed by atoms with van der Waals surface area (Å²) in [5.74, 6) is -1.53. The Morgan fingerprint density at radius 2 is 1.64 bits per heavy atom. The molecule has 0 aliphatic rings. The van der Waals surface area contributed by atoms with Crippen LogP contribution < -0.4 is 16.0 Å². The SMILES string of the molecule is C=CCNC(=O)c1ccccc1NC(=O)C(=O)NCc1ccc(C(C)C)cc1. The molecule has 0 saturated carbocycles. The maximum atomic E-state index is 12.2. The van der Waals surface area contributed by atoms with Gasteiger partial charge in [-0.1, -0.05) is 56.3 Å². The lowest BCUT2D eigenvalue weighted by Gasteiger charge is -2.11. The third-order valence-electron chi connectivity index (χ3n) is 4.13. The summed E-state index contributed by atoms with van der Waals surface area (Å²) in [6.45, 7) is 8.30. The van der Waals surface area contributed by atoms with Crippen LogP contribution in [0.2, 0.25) is 0 Å². The van der Waals surface area contributed by atoms with E-state index in [1.54, 1.807) is 30.3 Å². The van der Waals surface area contributed by atoms with Crippen molar-refractivity contribution in [2.75, 3.05) is 11.9 Å². The molecule has 2 aromatic rings. The molecule has 6 nitrogen and oxygen atoms in total. The second kappa shape index (κ2) is 10.1. The average Bonchev–Trinajstić information content (AvgIpc) is 2.70. The molecule has 6 heteroatoms. The second-order valence-electron chi connectivity index (χ2n) is 6.58. The Bertz CT molecular complexity index is 858. The maximum absolute atomic E-state index is 12.2. The molecule has 3 N–H and O–H groups in total. The zero-order valence-corrected chi connectivity index (χ0v) is 16.1. The van der Waals surface area contributed by atoms with Crippen LogP contribution in [0.1, 0.15) is 41.3 Å². The standard InChI is InChI=1S/C22H25N3O3/c1-4-13-23-20(26)18-7-5-6-8-19(18)25-22(28)21(27)24-14-16-9-11-17(12-10-16)15(2)3/h4-12,15H,1,13-14H2,2-3H3,(H,23,26)(H,24,27)(H,25,28). The molecule has 0 spiro atoms. The van der Waals surface area contributed by atoms with Gasteiger partial charge in [-0.3, -0.25) is 14.4 Å². The lowest BCUT2D eigenvalue weighted by molar-refractivity contribution is -0.136. The van der Waals surface area contributed by atoms with Gasteiger partial charge in [0.05, 0.1) is 11.3 Å². The van der Waals surface area contributed by atoms with Gasteiger partial charge in [0.15, 0.2) is 0 Å². The molecule has 2 rings (SSSR count). The topological polar surface area (TPSA) is 87.3 Å². The molecule has 3 amide bonds. The third-order valence-corrected chi connectivity index (χ3v) is 4.13. The predicted octanol–water partition coefficient (Wildman–Crippen LogP) is 2.98. The van der Waals surface area contributed by atoms with E-state index in [0.29, 0.717) is 12.5 Å². The number of rotatable bonds is 7. The van der Waals surface area contributed by atoms with Gasteiger partial charge >= 0.3 is 11.8 Å². The molecule has 0 aromatic heterocycles. The minimum atomic E-state index is -0.831. The van der Waals surface area contributed by atoms with Crippen molar-refractivity contribution in [1.82, 2.24) is 10.6 Å². The highest BCUT2D eigenvalue weighted by Crippen LogP contribution is 2.16. The van der Waals surface area contributed by atoms with Gasteiger partial charge in [0.1, 0.15) is 0 Å². The second-order valence-corrected chi connectivity index (χ2v) is 6.58. The Hall–Kier alpha value is -3.41. The van der Waals surface area contributed by atoms with Crippen molar-refractivity contribution in [3.8, 4) is 0 Å². The average molecular weight is 379 g/mol. The van der Waals surface area contributed by atoms with E-state index in [2.05, 4.69) is 36.4 Å². The quantitative estimate of drug-likeness (QED) is 0.510. The fourth-order valence-electron chi connectivity index (χ4n) is 2.51. The largest absolute Gasteiger partial charge is 0.349 e. The Kier molecular flexibility index (Phi) is 7.51. The zero-order valence-electron chi connectivity index (χ0n) is 16.1. The molecule has 0 aliphatic heterocycles. The summed E-state index contributed by atoms with van der Waals surface area (Å²) in [4.78, 5) is 36.5. The lowest BCUT2D eigenvalue weighted by Crippen LogP contribution is -2.35. The van der Waals surface area contributed by atoms with Crippen molar-refractivity contribution in [3.05, 3.63) is 77.9 Å². The molecular formula is C22H25N3O3. The number of amides is 3. The van der Waals surface area contributed by atoms with E-state index in [1.807, 2.05) is 24.3 Å². The minimum absolute atomic E-state index is 0.242. The van der Waals surface area contributed by atoms with E-state index in [4.69, 9.17) is 0 Å². The number of hydrogen-bond acceptors (Lipinski definition) is 3. The van der Waals surface area contributed by atoms with Gasteiger partial charge in [-0.2, -0.15) is 0 Å². The van der Waals surface area contributed by atoms with Crippen LogP contribution in [0.4, 0.5) is 5.69 Å². The highest BCUT2D eigenvalue weighted by molar-refractivity contribution is 6.40. The van der Waals surface area contributed by atoms with Gasteiger partial charge in [-0.15, -0.1) is 6.58 Å². The van der Waals surface area contributed by atoms with Gasteiger partial charge in [-0.25, -0.2) is 0 Å². The van der Waals surface area contributed by atoms with Crippen molar-refractivity contribution in [2.45, 2.75) is 26.3 Å². The molecule has 0 radical (unpaired) electrons. The first kappa shape index (κ1) is 20.9. The smallest absolute Gasteiger partial charge is 0.313 e. The van der Waals surface area contributed by atoms with Crippen LogP contribution in [-0.2, 0) is 16.1 Å². The van der Waals surface area contributed by atoms with E-state index in [9.17, 15) is 14.4 Å². The molecule has 2 aromatic carbocycles. The van der Waals surface area contributed by atoms with Gasteiger partial charge in [0, 0.05) is 13.1 Å².